The van der Waals surface area contributed by atoms with Crippen molar-refractivity contribution in [3.05, 3.63) is 70.7 Å². The van der Waals surface area contributed by atoms with Gasteiger partial charge in [0.05, 0.1) is 12.8 Å². The fourth-order valence-electron chi connectivity index (χ4n) is 2.75. The van der Waals surface area contributed by atoms with Crippen LogP contribution >= 0.6 is 11.6 Å². The van der Waals surface area contributed by atoms with E-state index in [9.17, 15) is 9.59 Å². The monoisotopic (exact) mass is 409 g/mol. The average molecular weight is 410 g/mol. The molecule has 0 bridgehead atoms. The highest BCUT2D eigenvalue weighted by atomic mass is 35.5. The topological polar surface area (TPSA) is 79.8 Å². The molecule has 29 heavy (non-hydrogen) atoms. The first-order valence-corrected chi connectivity index (χ1v) is 9.42. The van der Waals surface area contributed by atoms with Gasteiger partial charge in [-0.2, -0.15) is 5.10 Å². The first kappa shape index (κ1) is 20.4. The summed E-state index contributed by atoms with van der Waals surface area (Å²) in [5.74, 6) is -1.09. The molecule has 0 aliphatic carbocycles. The third kappa shape index (κ3) is 4.92. The molecule has 0 heterocycles. The fraction of sp³-hybridized carbons (Fsp3) is 0.136. The molecule has 0 unspecified atom stereocenters. The van der Waals surface area contributed by atoms with Crippen LogP contribution in [0.25, 0.3) is 10.8 Å². The van der Waals surface area contributed by atoms with Crippen LogP contribution in [0.15, 0.2) is 59.7 Å². The van der Waals surface area contributed by atoms with Gasteiger partial charge in [-0.25, -0.2) is 5.43 Å². The second-order valence-corrected chi connectivity index (χ2v) is 6.66. The molecule has 7 heteroatoms. The summed E-state index contributed by atoms with van der Waals surface area (Å²) in [6, 6.07) is 16.6. The van der Waals surface area contributed by atoms with E-state index in [1.54, 1.807) is 18.2 Å². The molecule has 3 aromatic rings. The smallest absolute Gasteiger partial charge is 0.329 e. The zero-order chi connectivity index (χ0) is 20.8. The van der Waals surface area contributed by atoms with Gasteiger partial charge in [-0.05, 0) is 48.4 Å². The van der Waals surface area contributed by atoms with E-state index in [1.165, 1.54) is 6.21 Å². The van der Waals surface area contributed by atoms with Crippen LogP contribution < -0.4 is 15.5 Å². The summed E-state index contributed by atoms with van der Waals surface area (Å²) in [7, 11) is 0. The molecule has 2 amide bonds. The number of fused-ring (bicyclic) bond motifs is 1. The van der Waals surface area contributed by atoms with Gasteiger partial charge in [-0.3, -0.25) is 9.59 Å². The van der Waals surface area contributed by atoms with Crippen molar-refractivity contribution in [1.82, 2.24) is 5.43 Å². The molecule has 0 spiro atoms. The lowest BCUT2D eigenvalue weighted by molar-refractivity contribution is -0.136. The van der Waals surface area contributed by atoms with Crippen LogP contribution in [-0.2, 0) is 9.59 Å². The van der Waals surface area contributed by atoms with Crippen LogP contribution in [0.4, 0.5) is 5.69 Å². The van der Waals surface area contributed by atoms with Crippen LogP contribution in [-0.4, -0.2) is 24.6 Å². The van der Waals surface area contributed by atoms with Gasteiger partial charge in [0.1, 0.15) is 5.75 Å². The number of aryl methyl sites for hydroxylation is 1. The molecule has 3 rings (SSSR count). The molecule has 0 aliphatic heterocycles. The Bertz CT molecular complexity index is 1100. The van der Waals surface area contributed by atoms with Crippen LogP contribution in [0, 0.1) is 6.92 Å². The van der Waals surface area contributed by atoms with Crippen molar-refractivity contribution in [1.29, 1.82) is 0 Å². The van der Waals surface area contributed by atoms with Crippen molar-refractivity contribution in [3.8, 4) is 5.75 Å². The van der Waals surface area contributed by atoms with Gasteiger partial charge in [0.15, 0.2) is 0 Å². The summed E-state index contributed by atoms with van der Waals surface area (Å²) in [5, 5.41) is 8.86. The summed E-state index contributed by atoms with van der Waals surface area (Å²) in [4.78, 5) is 24.1. The lowest BCUT2D eigenvalue weighted by atomic mass is 10.0. The minimum Gasteiger partial charge on any atom is -0.493 e. The maximum Gasteiger partial charge on any atom is 0.329 e. The summed E-state index contributed by atoms with van der Waals surface area (Å²) in [6.07, 6.45) is 1.47. The van der Waals surface area contributed by atoms with E-state index in [4.69, 9.17) is 16.3 Å². The quantitative estimate of drug-likeness (QED) is 0.375. The van der Waals surface area contributed by atoms with Gasteiger partial charge in [0.2, 0.25) is 0 Å². The predicted molar refractivity (Wildman–Crippen MR) is 116 cm³/mol. The number of carbonyl (C=O) groups excluding carboxylic acids is 2. The molecule has 0 radical (unpaired) electrons. The highest BCUT2D eigenvalue weighted by molar-refractivity contribution is 6.40. The van der Waals surface area contributed by atoms with Gasteiger partial charge >= 0.3 is 11.8 Å². The Morgan fingerprint density at radius 1 is 1.10 bits per heavy atom. The molecular weight excluding hydrogens is 390 g/mol. The maximum absolute atomic E-state index is 12.1. The minimum atomic E-state index is -0.892. The second kappa shape index (κ2) is 9.21. The Morgan fingerprint density at radius 3 is 2.66 bits per heavy atom. The number of nitrogens with one attached hydrogen (secondary N) is 2. The zero-order valence-electron chi connectivity index (χ0n) is 16.0. The molecule has 0 fully saturated rings. The van der Waals surface area contributed by atoms with Gasteiger partial charge in [0, 0.05) is 16.3 Å². The fourth-order valence-corrected chi connectivity index (χ4v) is 2.94. The number of rotatable bonds is 5. The second-order valence-electron chi connectivity index (χ2n) is 6.25. The number of ether oxygens (including phenoxy) is 1. The largest absolute Gasteiger partial charge is 0.493 e. The number of nitrogens with zero attached hydrogens (tertiary/aromatic N) is 1. The van der Waals surface area contributed by atoms with Gasteiger partial charge in [-0.15, -0.1) is 0 Å². The Labute approximate surface area is 173 Å². The standard InChI is InChI=1S/C22H20ClN3O3/c1-3-29-20-11-9-15-6-4-5-7-17(15)18(20)13-24-26-22(28)21(27)25-16-10-8-14(2)19(23)12-16/h4-13H,3H2,1-2H3,(H,25,27)(H,26,28)/b24-13-. The number of amides is 2. The predicted octanol–water partition coefficient (Wildman–Crippen LogP) is 4.29. The van der Waals surface area contributed by atoms with Crippen molar-refractivity contribution in [2.45, 2.75) is 13.8 Å². The lowest BCUT2D eigenvalue weighted by Gasteiger charge is -2.10. The van der Waals surface area contributed by atoms with Crippen molar-refractivity contribution in [3.63, 3.8) is 0 Å². The normalized spacial score (nSPS) is 10.9. The van der Waals surface area contributed by atoms with Crippen LogP contribution in [0.2, 0.25) is 5.02 Å². The molecular formula is C22H20ClN3O3. The average Bonchev–Trinajstić information content (AvgIpc) is 2.72. The molecule has 3 aromatic carbocycles. The van der Waals surface area contributed by atoms with Crippen molar-refractivity contribution < 1.29 is 14.3 Å². The van der Waals surface area contributed by atoms with Gasteiger partial charge < -0.3 is 10.1 Å². The number of hydrogen-bond acceptors (Lipinski definition) is 4. The van der Waals surface area contributed by atoms with E-state index in [0.717, 1.165) is 21.9 Å². The molecule has 0 saturated carbocycles. The number of hydrogen-bond donors (Lipinski definition) is 2. The summed E-state index contributed by atoms with van der Waals surface area (Å²) < 4.78 is 5.65. The Morgan fingerprint density at radius 2 is 1.90 bits per heavy atom. The third-order valence-corrected chi connectivity index (χ3v) is 4.63. The summed E-state index contributed by atoms with van der Waals surface area (Å²) in [5.41, 5.74) is 4.26. The van der Waals surface area contributed by atoms with Crippen LogP contribution in [0.3, 0.4) is 0 Å². The van der Waals surface area contributed by atoms with E-state index in [1.807, 2.05) is 50.2 Å². The van der Waals surface area contributed by atoms with Crippen LogP contribution in [0.5, 0.6) is 5.75 Å². The number of benzene rings is 3. The minimum absolute atomic E-state index is 0.428. The summed E-state index contributed by atoms with van der Waals surface area (Å²) in [6.45, 7) is 4.23. The first-order valence-electron chi connectivity index (χ1n) is 9.04. The molecule has 6 nitrogen and oxygen atoms in total. The number of carbonyl (C=O) groups is 2. The van der Waals surface area contributed by atoms with Crippen LogP contribution in [0.1, 0.15) is 18.1 Å². The Kier molecular flexibility index (Phi) is 6.46. The Balaban J connectivity index is 1.73. The maximum atomic E-state index is 12.1. The molecule has 0 aliphatic rings. The molecule has 0 aromatic heterocycles. The van der Waals surface area contributed by atoms with E-state index in [0.29, 0.717) is 23.1 Å². The highest BCUT2D eigenvalue weighted by Gasteiger charge is 2.14. The van der Waals surface area contributed by atoms with E-state index in [-0.39, 0.29) is 0 Å². The Hall–Kier alpha value is -3.38. The SMILES string of the molecule is CCOc1ccc2ccccc2c1/C=N\NC(=O)C(=O)Nc1ccc(C)c(Cl)c1. The lowest BCUT2D eigenvalue weighted by Crippen LogP contribution is -2.32. The number of hydrazone groups is 1. The third-order valence-electron chi connectivity index (χ3n) is 4.23. The molecule has 2 N–H and O–H groups in total. The van der Waals surface area contributed by atoms with E-state index in [2.05, 4.69) is 15.8 Å². The molecule has 148 valence electrons. The summed E-state index contributed by atoms with van der Waals surface area (Å²) >= 11 is 6.03. The van der Waals surface area contributed by atoms with Crippen molar-refractivity contribution in [2.24, 2.45) is 5.10 Å². The van der Waals surface area contributed by atoms with Gasteiger partial charge in [0.25, 0.3) is 0 Å². The molecule has 0 saturated heterocycles. The first-order chi connectivity index (χ1) is 14.0. The zero-order valence-corrected chi connectivity index (χ0v) is 16.8. The van der Waals surface area contributed by atoms with Crippen molar-refractivity contribution >= 4 is 46.1 Å². The van der Waals surface area contributed by atoms with E-state index < -0.39 is 11.8 Å². The van der Waals surface area contributed by atoms with Gasteiger partial charge in [-0.1, -0.05) is 48.0 Å². The van der Waals surface area contributed by atoms with E-state index >= 15 is 0 Å². The molecule has 0 atom stereocenters. The van der Waals surface area contributed by atoms with Crippen molar-refractivity contribution in [2.75, 3.05) is 11.9 Å². The number of halogens is 1. The highest BCUT2D eigenvalue weighted by Crippen LogP contribution is 2.26. The number of anilines is 1.